The third kappa shape index (κ3) is 2.60. The zero-order valence-electron chi connectivity index (χ0n) is 11.2. The van der Waals surface area contributed by atoms with Gasteiger partial charge in [0.15, 0.2) is 28.8 Å². The lowest BCUT2D eigenvalue weighted by atomic mass is 9.97. The van der Waals surface area contributed by atoms with Crippen molar-refractivity contribution in [3.05, 3.63) is 34.9 Å². The highest BCUT2D eigenvalue weighted by atomic mass is 19.2. The third-order valence-electron chi connectivity index (χ3n) is 3.07. The van der Waals surface area contributed by atoms with Crippen LogP contribution < -0.4 is 16.0 Å². The van der Waals surface area contributed by atoms with Gasteiger partial charge in [0.2, 0.25) is 0 Å². The molecular weight excluding hydrogens is 326 g/mol. The number of hydrogen-bond donors (Lipinski definition) is 3. The van der Waals surface area contributed by atoms with Gasteiger partial charge in [-0.1, -0.05) is 0 Å². The molecule has 3 N–H and O–H groups in total. The van der Waals surface area contributed by atoms with Gasteiger partial charge in [-0.2, -0.15) is 0 Å². The number of benzene rings is 1. The Kier molecular flexibility index (Phi) is 3.80. The van der Waals surface area contributed by atoms with Gasteiger partial charge >= 0.3 is 6.03 Å². The number of barbiturate groups is 1. The van der Waals surface area contributed by atoms with Crippen molar-refractivity contribution in [2.75, 3.05) is 0 Å². The minimum absolute atomic E-state index is 0.0657. The smallest absolute Gasteiger partial charge is 0.328 e. The molecule has 0 atom stereocenters. The van der Waals surface area contributed by atoms with Gasteiger partial charge in [-0.15, -0.1) is 0 Å². The predicted molar refractivity (Wildman–Crippen MR) is 63.8 cm³/mol. The van der Waals surface area contributed by atoms with Crippen LogP contribution >= 0.6 is 0 Å². The van der Waals surface area contributed by atoms with E-state index in [-0.39, 0.29) is 6.07 Å². The molecule has 0 unspecified atom stereocenters. The number of carbonyl (C=O) groups excluding carboxylic acids is 4. The summed E-state index contributed by atoms with van der Waals surface area (Å²) in [5, 5.41) is 5.09. The minimum Gasteiger partial charge on any atom is -0.330 e. The fraction of sp³-hybridized carbons (Fsp3) is 0.167. The standard InChI is InChI=1S/C12H7F4N3O4/c1-12(9(21)17-11(23)18-10(12)22)19-8(20)3-2-4(13)6(15)7(16)5(3)14/h2H,1H3,(H,19,20)(H2,17,18,21,22,23). The van der Waals surface area contributed by atoms with E-state index in [0.29, 0.717) is 0 Å². The summed E-state index contributed by atoms with van der Waals surface area (Å²) in [5.74, 6) is -12.3. The molecule has 1 heterocycles. The van der Waals surface area contributed by atoms with Crippen molar-refractivity contribution in [1.82, 2.24) is 16.0 Å². The van der Waals surface area contributed by atoms with Crippen LogP contribution in [0.3, 0.4) is 0 Å². The molecule has 1 aliphatic rings. The van der Waals surface area contributed by atoms with Crippen LogP contribution in [0.5, 0.6) is 0 Å². The summed E-state index contributed by atoms with van der Waals surface area (Å²) in [6.07, 6.45) is 0. The van der Waals surface area contributed by atoms with Crippen molar-refractivity contribution < 1.29 is 36.7 Å². The largest absolute Gasteiger partial charge is 0.330 e. The highest BCUT2D eigenvalue weighted by molar-refractivity contribution is 6.23. The third-order valence-corrected chi connectivity index (χ3v) is 3.07. The van der Waals surface area contributed by atoms with Crippen molar-refractivity contribution >= 4 is 23.8 Å². The highest BCUT2D eigenvalue weighted by Crippen LogP contribution is 2.20. The Labute approximate surface area is 125 Å². The predicted octanol–water partition coefficient (Wildman–Crippen LogP) is 0.0975. The fourth-order valence-corrected chi connectivity index (χ4v) is 1.74. The van der Waals surface area contributed by atoms with Crippen LogP contribution in [0.1, 0.15) is 17.3 Å². The van der Waals surface area contributed by atoms with E-state index in [9.17, 15) is 36.7 Å². The number of urea groups is 1. The highest BCUT2D eigenvalue weighted by Gasteiger charge is 2.48. The second-order valence-corrected chi connectivity index (χ2v) is 4.66. The van der Waals surface area contributed by atoms with Gasteiger partial charge in [-0.3, -0.25) is 25.0 Å². The van der Waals surface area contributed by atoms with Crippen LogP contribution in [0.2, 0.25) is 0 Å². The Balaban J connectivity index is 2.38. The molecule has 5 amide bonds. The van der Waals surface area contributed by atoms with Gasteiger partial charge in [0, 0.05) is 0 Å². The van der Waals surface area contributed by atoms with Crippen molar-refractivity contribution in [2.24, 2.45) is 0 Å². The lowest BCUT2D eigenvalue weighted by Crippen LogP contribution is -2.71. The van der Waals surface area contributed by atoms with Crippen molar-refractivity contribution in [2.45, 2.75) is 12.5 Å². The van der Waals surface area contributed by atoms with E-state index in [1.807, 2.05) is 0 Å². The monoisotopic (exact) mass is 333 g/mol. The van der Waals surface area contributed by atoms with E-state index in [4.69, 9.17) is 0 Å². The summed E-state index contributed by atoms with van der Waals surface area (Å²) < 4.78 is 52.6. The van der Waals surface area contributed by atoms with Crippen LogP contribution in [0.4, 0.5) is 22.4 Å². The van der Waals surface area contributed by atoms with Crippen LogP contribution in [0.15, 0.2) is 6.07 Å². The maximum Gasteiger partial charge on any atom is 0.328 e. The number of amides is 5. The molecule has 1 fully saturated rings. The molecule has 0 radical (unpaired) electrons. The van der Waals surface area contributed by atoms with Gasteiger partial charge < -0.3 is 5.32 Å². The maximum absolute atomic E-state index is 13.5. The van der Waals surface area contributed by atoms with Gasteiger partial charge in [0.05, 0.1) is 5.56 Å². The molecule has 0 spiro atoms. The van der Waals surface area contributed by atoms with E-state index in [0.717, 1.165) is 6.92 Å². The number of carbonyl (C=O) groups is 4. The summed E-state index contributed by atoms with van der Waals surface area (Å²) in [5.41, 5.74) is -3.61. The average Bonchev–Trinajstić information content (AvgIpc) is 2.46. The lowest BCUT2D eigenvalue weighted by Gasteiger charge is -2.31. The number of hydrogen-bond acceptors (Lipinski definition) is 4. The lowest BCUT2D eigenvalue weighted by molar-refractivity contribution is -0.138. The summed E-state index contributed by atoms with van der Waals surface area (Å²) in [6.45, 7) is 0.871. The summed E-state index contributed by atoms with van der Waals surface area (Å²) in [7, 11) is 0. The van der Waals surface area contributed by atoms with Crippen LogP contribution in [0, 0.1) is 23.3 Å². The average molecular weight is 333 g/mol. The van der Waals surface area contributed by atoms with E-state index < -0.39 is 58.1 Å². The zero-order valence-corrected chi connectivity index (χ0v) is 11.2. The van der Waals surface area contributed by atoms with Crippen molar-refractivity contribution in [1.29, 1.82) is 0 Å². The van der Waals surface area contributed by atoms with Gasteiger partial charge in [-0.05, 0) is 13.0 Å². The Bertz CT molecular complexity index is 745. The minimum atomic E-state index is -2.35. The quantitative estimate of drug-likeness (QED) is 0.309. The Morgan fingerprint density at radius 3 is 2.04 bits per heavy atom. The number of imide groups is 2. The normalized spacial score (nSPS) is 16.7. The Morgan fingerprint density at radius 2 is 1.52 bits per heavy atom. The molecule has 0 aromatic heterocycles. The van der Waals surface area contributed by atoms with Gasteiger partial charge in [0.1, 0.15) is 0 Å². The Hall–Kier alpha value is -2.98. The van der Waals surface area contributed by atoms with Crippen molar-refractivity contribution in [3.63, 3.8) is 0 Å². The zero-order chi connectivity index (χ0) is 17.5. The van der Waals surface area contributed by atoms with Gasteiger partial charge in [0.25, 0.3) is 17.7 Å². The summed E-state index contributed by atoms with van der Waals surface area (Å²) in [6, 6.07) is -1.08. The fourth-order valence-electron chi connectivity index (χ4n) is 1.74. The topological polar surface area (TPSA) is 104 Å². The van der Waals surface area contributed by atoms with E-state index >= 15 is 0 Å². The summed E-state index contributed by atoms with van der Waals surface area (Å²) >= 11 is 0. The molecule has 7 nitrogen and oxygen atoms in total. The van der Waals surface area contributed by atoms with Crippen LogP contribution in [0.25, 0.3) is 0 Å². The summed E-state index contributed by atoms with van der Waals surface area (Å²) in [4.78, 5) is 46.1. The van der Waals surface area contributed by atoms with E-state index in [1.54, 1.807) is 16.0 Å². The molecule has 11 heteroatoms. The van der Waals surface area contributed by atoms with E-state index in [2.05, 4.69) is 0 Å². The first kappa shape index (κ1) is 16.4. The van der Waals surface area contributed by atoms with Crippen LogP contribution in [-0.2, 0) is 9.59 Å². The molecule has 2 rings (SSSR count). The molecule has 23 heavy (non-hydrogen) atoms. The second kappa shape index (κ2) is 5.34. The number of nitrogens with one attached hydrogen (secondary N) is 3. The molecule has 122 valence electrons. The van der Waals surface area contributed by atoms with Crippen molar-refractivity contribution in [3.8, 4) is 0 Å². The molecule has 0 saturated carbocycles. The molecule has 1 aromatic carbocycles. The first-order valence-electron chi connectivity index (χ1n) is 5.90. The molecule has 1 saturated heterocycles. The Morgan fingerprint density at radius 1 is 1.00 bits per heavy atom. The number of halogens is 4. The SMILES string of the molecule is CC1(NC(=O)c2cc(F)c(F)c(F)c2F)C(=O)NC(=O)NC1=O. The van der Waals surface area contributed by atoms with E-state index in [1.165, 1.54) is 0 Å². The molecule has 1 aromatic rings. The molecular formula is C12H7F4N3O4. The first-order valence-corrected chi connectivity index (χ1v) is 5.90. The maximum atomic E-state index is 13.5. The molecule has 0 bridgehead atoms. The first-order chi connectivity index (χ1) is 10.6. The molecule has 1 aliphatic heterocycles. The number of rotatable bonds is 2. The van der Waals surface area contributed by atoms with Crippen LogP contribution in [-0.4, -0.2) is 29.3 Å². The molecule has 0 aliphatic carbocycles. The van der Waals surface area contributed by atoms with Gasteiger partial charge in [-0.25, -0.2) is 22.4 Å². The second-order valence-electron chi connectivity index (χ2n) is 4.66.